The number of rotatable bonds is 6. The van der Waals surface area contributed by atoms with Gasteiger partial charge in [-0.15, -0.1) is 11.3 Å². The zero-order valence-electron chi connectivity index (χ0n) is 12.9. The predicted molar refractivity (Wildman–Crippen MR) is 89.6 cm³/mol. The highest BCUT2D eigenvalue weighted by Crippen LogP contribution is 2.16. The van der Waals surface area contributed by atoms with E-state index in [0.29, 0.717) is 23.0 Å². The van der Waals surface area contributed by atoms with E-state index in [2.05, 4.69) is 21.6 Å². The largest absolute Gasteiger partial charge is 0.466 e. The second-order valence-electron chi connectivity index (χ2n) is 4.68. The van der Waals surface area contributed by atoms with Gasteiger partial charge in [-0.2, -0.15) is 10.4 Å². The molecule has 1 heterocycles. The fraction of sp³-hybridized carbons (Fsp3) is 0.250. The van der Waals surface area contributed by atoms with Gasteiger partial charge >= 0.3 is 5.97 Å². The quantitative estimate of drug-likeness (QED) is 0.500. The highest BCUT2D eigenvalue weighted by molar-refractivity contribution is 7.13. The molecule has 0 saturated heterocycles. The van der Waals surface area contributed by atoms with Crippen LogP contribution < -0.4 is 5.43 Å². The van der Waals surface area contributed by atoms with Crippen molar-refractivity contribution in [1.82, 2.24) is 4.98 Å². The van der Waals surface area contributed by atoms with E-state index < -0.39 is 0 Å². The number of esters is 1. The number of hydrogen-bond acceptors (Lipinski definition) is 7. The summed E-state index contributed by atoms with van der Waals surface area (Å²) in [7, 11) is 0. The van der Waals surface area contributed by atoms with Crippen molar-refractivity contribution in [2.45, 2.75) is 20.3 Å². The molecule has 0 saturated carbocycles. The predicted octanol–water partition coefficient (Wildman–Crippen LogP) is 2.87. The zero-order valence-corrected chi connectivity index (χ0v) is 13.7. The van der Waals surface area contributed by atoms with Crippen LogP contribution in [-0.2, 0) is 16.0 Å². The Morgan fingerprint density at radius 2 is 2.39 bits per heavy atom. The molecule has 0 fully saturated rings. The van der Waals surface area contributed by atoms with Gasteiger partial charge < -0.3 is 4.74 Å². The average Bonchev–Trinajstić information content (AvgIpc) is 2.95. The van der Waals surface area contributed by atoms with Gasteiger partial charge in [-0.25, -0.2) is 4.98 Å². The van der Waals surface area contributed by atoms with Gasteiger partial charge in [-0.1, -0.05) is 6.07 Å². The first-order chi connectivity index (χ1) is 11.1. The Labute approximate surface area is 138 Å². The van der Waals surface area contributed by atoms with Gasteiger partial charge in [0.05, 0.1) is 36.6 Å². The van der Waals surface area contributed by atoms with Crippen molar-refractivity contribution < 1.29 is 9.53 Å². The molecular formula is C16H16N4O2S. The Hall–Kier alpha value is -2.72. The second-order valence-corrected chi connectivity index (χ2v) is 5.54. The number of hydrogen-bond donors (Lipinski definition) is 1. The Morgan fingerprint density at radius 1 is 1.57 bits per heavy atom. The van der Waals surface area contributed by atoms with Crippen LogP contribution in [0.15, 0.2) is 28.7 Å². The Kier molecular flexibility index (Phi) is 5.83. The third-order valence-corrected chi connectivity index (χ3v) is 3.72. The van der Waals surface area contributed by atoms with Crippen LogP contribution in [0, 0.1) is 18.3 Å². The number of nitrogens with one attached hydrogen (secondary N) is 1. The van der Waals surface area contributed by atoms with Crippen LogP contribution in [0.5, 0.6) is 0 Å². The minimum Gasteiger partial charge on any atom is -0.466 e. The summed E-state index contributed by atoms with van der Waals surface area (Å²) in [6, 6.07) is 7.60. The van der Waals surface area contributed by atoms with Crippen molar-refractivity contribution in [2.24, 2.45) is 5.10 Å². The van der Waals surface area contributed by atoms with Crippen molar-refractivity contribution in [1.29, 1.82) is 5.26 Å². The van der Waals surface area contributed by atoms with Crippen LogP contribution >= 0.6 is 11.3 Å². The molecule has 1 aromatic carbocycles. The van der Waals surface area contributed by atoms with Crippen LogP contribution in [0.2, 0.25) is 0 Å². The lowest BCUT2D eigenvalue weighted by atomic mass is 10.1. The number of carbonyl (C=O) groups is 1. The third-order valence-electron chi connectivity index (χ3n) is 2.93. The first-order valence-electron chi connectivity index (χ1n) is 7.02. The van der Waals surface area contributed by atoms with Crippen LogP contribution in [0.4, 0.5) is 5.13 Å². The van der Waals surface area contributed by atoms with Crippen molar-refractivity contribution in [3.63, 3.8) is 0 Å². The Morgan fingerprint density at radius 3 is 3.09 bits per heavy atom. The van der Waals surface area contributed by atoms with E-state index in [-0.39, 0.29) is 12.4 Å². The highest BCUT2D eigenvalue weighted by Gasteiger charge is 2.07. The van der Waals surface area contributed by atoms with Gasteiger partial charge in [0.15, 0.2) is 0 Å². The number of benzene rings is 1. The fourth-order valence-corrected chi connectivity index (χ4v) is 2.51. The second kappa shape index (κ2) is 8.06. The van der Waals surface area contributed by atoms with Crippen LogP contribution in [0.1, 0.15) is 29.3 Å². The first-order valence-corrected chi connectivity index (χ1v) is 7.90. The number of carbonyl (C=O) groups excluding carboxylic acids is 1. The summed E-state index contributed by atoms with van der Waals surface area (Å²) in [5, 5.41) is 15.4. The van der Waals surface area contributed by atoms with Gasteiger partial charge in [0.1, 0.15) is 0 Å². The molecule has 6 nitrogen and oxygen atoms in total. The minimum absolute atomic E-state index is 0.157. The molecule has 1 N–H and O–H groups in total. The summed E-state index contributed by atoms with van der Waals surface area (Å²) in [4.78, 5) is 15.6. The van der Waals surface area contributed by atoms with E-state index in [1.54, 1.807) is 24.6 Å². The molecule has 1 aromatic heterocycles. The van der Waals surface area contributed by atoms with E-state index in [4.69, 9.17) is 10.00 Å². The minimum atomic E-state index is -0.291. The zero-order chi connectivity index (χ0) is 16.7. The molecule has 0 bridgehead atoms. The molecule has 0 aliphatic heterocycles. The number of aromatic nitrogens is 1. The summed E-state index contributed by atoms with van der Waals surface area (Å²) >= 11 is 1.37. The van der Waals surface area contributed by atoms with E-state index in [0.717, 1.165) is 11.1 Å². The standard InChI is InChI=1S/C16H16N4O2S/c1-3-22-15(21)7-14-10-23-16(19-14)20-18-9-12-4-5-13(8-17)11(2)6-12/h4-6,9-10H,3,7H2,1-2H3,(H,19,20). The van der Waals surface area contributed by atoms with Crippen LogP contribution in [0.3, 0.4) is 0 Å². The SMILES string of the molecule is CCOC(=O)Cc1csc(NN=Cc2ccc(C#N)c(C)c2)n1. The monoisotopic (exact) mass is 328 g/mol. The number of hydrazone groups is 1. The molecule has 2 aromatic rings. The number of nitriles is 1. The molecule has 7 heteroatoms. The maximum atomic E-state index is 11.4. The van der Waals surface area contributed by atoms with E-state index in [1.165, 1.54) is 11.3 Å². The topological polar surface area (TPSA) is 87.4 Å². The lowest BCUT2D eigenvalue weighted by Crippen LogP contribution is -2.07. The van der Waals surface area contributed by atoms with Crippen molar-refractivity contribution in [3.05, 3.63) is 46.0 Å². The molecule has 0 spiro atoms. The van der Waals surface area contributed by atoms with E-state index in [9.17, 15) is 4.79 Å². The normalized spacial score (nSPS) is 10.5. The molecule has 118 valence electrons. The van der Waals surface area contributed by atoms with Gasteiger partial charge in [-0.05, 0) is 37.1 Å². The summed E-state index contributed by atoms with van der Waals surface area (Å²) in [5.74, 6) is -0.291. The number of aryl methyl sites for hydroxylation is 1. The van der Waals surface area contributed by atoms with Gasteiger partial charge in [0, 0.05) is 5.38 Å². The number of thiazole rings is 1. The number of nitrogens with zero attached hydrogens (tertiary/aromatic N) is 3. The van der Waals surface area contributed by atoms with Crippen LogP contribution in [0.25, 0.3) is 0 Å². The van der Waals surface area contributed by atoms with E-state index in [1.807, 2.05) is 19.1 Å². The maximum absolute atomic E-state index is 11.4. The first kappa shape index (κ1) is 16.6. The number of ether oxygens (including phenoxy) is 1. The van der Waals surface area contributed by atoms with Crippen LogP contribution in [-0.4, -0.2) is 23.8 Å². The average molecular weight is 328 g/mol. The van der Waals surface area contributed by atoms with Gasteiger partial charge in [-0.3, -0.25) is 10.2 Å². The highest BCUT2D eigenvalue weighted by atomic mass is 32.1. The van der Waals surface area contributed by atoms with Crippen molar-refractivity contribution in [3.8, 4) is 6.07 Å². The molecule has 0 radical (unpaired) electrons. The summed E-state index contributed by atoms with van der Waals surface area (Å²) in [6.07, 6.45) is 1.81. The lowest BCUT2D eigenvalue weighted by Gasteiger charge is -1.99. The van der Waals surface area contributed by atoms with Gasteiger partial charge in [0.25, 0.3) is 0 Å². The smallest absolute Gasteiger partial charge is 0.311 e. The molecular weight excluding hydrogens is 312 g/mol. The van der Waals surface area contributed by atoms with Crippen molar-refractivity contribution >= 4 is 28.7 Å². The number of anilines is 1. The molecule has 23 heavy (non-hydrogen) atoms. The molecule has 0 aliphatic carbocycles. The summed E-state index contributed by atoms with van der Waals surface area (Å²) in [6.45, 7) is 4.01. The molecule has 0 aliphatic rings. The molecule has 0 unspecified atom stereocenters. The Balaban J connectivity index is 1.93. The maximum Gasteiger partial charge on any atom is 0.311 e. The van der Waals surface area contributed by atoms with E-state index >= 15 is 0 Å². The lowest BCUT2D eigenvalue weighted by molar-refractivity contribution is -0.142. The fourth-order valence-electron chi connectivity index (χ4n) is 1.85. The Bertz CT molecular complexity index is 762. The molecule has 0 atom stereocenters. The summed E-state index contributed by atoms with van der Waals surface area (Å²) in [5.41, 5.74) is 5.92. The summed E-state index contributed by atoms with van der Waals surface area (Å²) < 4.78 is 4.88. The van der Waals surface area contributed by atoms with Gasteiger partial charge in [0.2, 0.25) is 5.13 Å². The van der Waals surface area contributed by atoms with Crippen molar-refractivity contribution in [2.75, 3.05) is 12.0 Å². The molecule has 0 amide bonds. The third kappa shape index (κ3) is 4.90. The molecule has 2 rings (SSSR count).